The monoisotopic (exact) mass is 364 g/mol. The molecular formula is C22H28N4O. The molecule has 3 rings (SSSR count). The van der Waals surface area contributed by atoms with Crippen LogP contribution >= 0.6 is 0 Å². The summed E-state index contributed by atoms with van der Waals surface area (Å²) in [7, 11) is 2.13. The van der Waals surface area contributed by atoms with E-state index in [1.807, 2.05) is 30.3 Å². The molecule has 1 fully saturated rings. The molecule has 1 N–H and O–H groups in total. The van der Waals surface area contributed by atoms with Gasteiger partial charge < -0.3 is 15.1 Å². The van der Waals surface area contributed by atoms with Crippen LogP contribution in [-0.4, -0.2) is 49.0 Å². The molecule has 1 aliphatic heterocycles. The summed E-state index contributed by atoms with van der Waals surface area (Å²) in [6, 6.07) is 12.1. The predicted octanol–water partition coefficient (Wildman–Crippen LogP) is 3.61. The van der Waals surface area contributed by atoms with Gasteiger partial charge in [0.25, 0.3) is 0 Å². The third kappa shape index (κ3) is 5.41. The molecule has 0 unspecified atom stereocenters. The molecular weight excluding hydrogens is 336 g/mol. The van der Waals surface area contributed by atoms with Crippen molar-refractivity contribution in [2.45, 2.75) is 19.8 Å². The second kappa shape index (κ2) is 8.82. The smallest absolute Gasteiger partial charge is 0.248 e. The summed E-state index contributed by atoms with van der Waals surface area (Å²) in [6.07, 6.45) is 5.10. The van der Waals surface area contributed by atoms with E-state index in [9.17, 15) is 4.79 Å². The molecule has 142 valence electrons. The van der Waals surface area contributed by atoms with Gasteiger partial charge in [-0.05, 0) is 42.3 Å². The van der Waals surface area contributed by atoms with E-state index in [1.165, 1.54) is 5.56 Å². The number of piperazine rings is 1. The molecule has 0 radical (unpaired) electrons. The average Bonchev–Trinajstić information content (AvgIpc) is 2.68. The first-order valence-corrected chi connectivity index (χ1v) is 9.50. The van der Waals surface area contributed by atoms with E-state index < -0.39 is 0 Å². The van der Waals surface area contributed by atoms with Gasteiger partial charge in [0.05, 0.1) is 11.9 Å². The fraction of sp³-hybridized carbons (Fsp3) is 0.364. The van der Waals surface area contributed by atoms with E-state index in [4.69, 9.17) is 0 Å². The van der Waals surface area contributed by atoms with Crippen LogP contribution in [0.15, 0.2) is 48.7 Å². The van der Waals surface area contributed by atoms with E-state index in [1.54, 1.807) is 12.3 Å². The summed E-state index contributed by atoms with van der Waals surface area (Å²) >= 11 is 0. The Balaban J connectivity index is 1.54. The molecule has 5 heteroatoms. The van der Waals surface area contributed by atoms with Crippen LogP contribution in [0.1, 0.15) is 30.9 Å². The van der Waals surface area contributed by atoms with Crippen LogP contribution in [-0.2, 0) is 4.79 Å². The maximum absolute atomic E-state index is 12.1. The number of aromatic nitrogens is 1. The second-order valence-corrected chi connectivity index (χ2v) is 7.34. The number of nitrogens with one attached hydrogen (secondary N) is 1. The molecule has 0 saturated carbocycles. The van der Waals surface area contributed by atoms with Gasteiger partial charge in [-0.25, -0.2) is 4.98 Å². The lowest BCUT2D eigenvalue weighted by Crippen LogP contribution is -2.44. The van der Waals surface area contributed by atoms with Crippen LogP contribution in [0.3, 0.4) is 0 Å². The molecule has 1 saturated heterocycles. The van der Waals surface area contributed by atoms with Gasteiger partial charge in [0.2, 0.25) is 5.91 Å². The van der Waals surface area contributed by atoms with Crippen molar-refractivity contribution in [1.82, 2.24) is 9.88 Å². The summed E-state index contributed by atoms with van der Waals surface area (Å²) in [4.78, 5) is 21.2. The molecule has 0 aliphatic carbocycles. The Kier molecular flexibility index (Phi) is 6.24. The number of amides is 1. The highest BCUT2D eigenvalue weighted by Gasteiger charge is 2.15. The number of anilines is 2. The Morgan fingerprint density at radius 2 is 1.78 bits per heavy atom. The molecule has 27 heavy (non-hydrogen) atoms. The molecule has 1 aliphatic rings. The lowest BCUT2D eigenvalue weighted by molar-refractivity contribution is -0.111. The highest BCUT2D eigenvalue weighted by atomic mass is 16.1. The van der Waals surface area contributed by atoms with Gasteiger partial charge in [-0.3, -0.25) is 4.79 Å². The fourth-order valence-electron chi connectivity index (χ4n) is 3.03. The second-order valence-electron chi connectivity index (χ2n) is 7.34. The van der Waals surface area contributed by atoms with Crippen molar-refractivity contribution in [3.8, 4) is 0 Å². The normalized spacial score (nSPS) is 15.5. The molecule has 0 spiro atoms. The van der Waals surface area contributed by atoms with Crippen LogP contribution in [0.5, 0.6) is 0 Å². The first kappa shape index (κ1) is 19.1. The fourth-order valence-corrected chi connectivity index (χ4v) is 3.03. The number of benzene rings is 1. The van der Waals surface area contributed by atoms with Gasteiger partial charge in [-0.15, -0.1) is 0 Å². The minimum atomic E-state index is -0.155. The summed E-state index contributed by atoms with van der Waals surface area (Å²) in [6.45, 7) is 8.38. The van der Waals surface area contributed by atoms with E-state index >= 15 is 0 Å². The van der Waals surface area contributed by atoms with Crippen molar-refractivity contribution in [3.63, 3.8) is 0 Å². The van der Waals surface area contributed by atoms with Crippen molar-refractivity contribution >= 4 is 23.5 Å². The van der Waals surface area contributed by atoms with Gasteiger partial charge in [0.1, 0.15) is 5.82 Å². The first-order chi connectivity index (χ1) is 13.0. The van der Waals surface area contributed by atoms with Crippen LogP contribution in [0.25, 0.3) is 6.08 Å². The minimum absolute atomic E-state index is 0.155. The zero-order valence-electron chi connectivity index (χ0n) is 16.4. The highest BCUT2D eigenvalue weighted by molar-refractivity contribution is 6.01. The Labute approximate surface area is 161 Å². The van der Waals surface area contributed by atoms with Gasteiger partial charge >= 0.3 is 0 Å². The third-order valence-electron chi connectivity index (χ3n) is 4.87. The summed E-state index contributed by atoms with van der Waals surface area (Å²) in [5, 5.41) is 2.86. The zero-order valence-corrected chi connectivity index (χ0v) is 16.4. The van der Waals surface area contributed by atoms with Crippen molar-refractivity contribution in [1.29, 1.82) is 0 Å². The van der Waals surface area contributed by atoms with Gasteiger partial charge in [-0.2, -0.15) is 0 Å². The standard InChI is InChI=1S/C22H28N4O/c1-17(2)19-7-4-18(5-8-19)6-11-22(27)24-20-9-10-21(23-16-20)26-14-12-25(3)13-15-26/h4-11,16-17H,12-15H2,1-3H3,(H,24,27). The molecule has 2 heterocycles. The van der Waals surface area contributed by atoms with Gasteiger partial charge in [-0.1, -0.05) is 38.1 Å². The SMILES string of the molecule is CC(C)c1ccc(C=CC(=O)Nc2ccc(N3CCN(C)CC3)nc2)cc1. The van der Waals surface area contributed by atoms with E-state index in [0.29, 0.717) is 11.6 Å². The van der Waals surface area contributed by atoms with Crippen molar-refractivity contribution < 1.29 is 4.79 Å². The first-order valence-electron chi connectivity index (χ1n) is 9.50. The van der Waals surface area contributed by atoms with Crippen LogP contribution in [0.4, 0.5) is 11.5 Å². The van der Waals surface area contributed by atoms with Crippen molar-refractivity contribution in [2.24, 2.45) is 0 Å². The minimum Gasteiger partial charge on any atom is -0.354 e. The van der Waals surface area contributed by atoms with Gasteiger partial charge in [0, 0.05) is 32.3 Å². The van der Waals surface area contributed by atoms with E-state index in [2.05, 4.69) is 53.1 Å². The average molecular weight is 364 g/mol. The molecule has 0 bridgehead atoms. The molecule has 1 amide bonds. The number of likely N-dealkylation sites (N-methyl/N-ethyl adjacent to an activating group) is 1. The van der Waals surface area contributed by atoms with Crippen LogP contribution in [0, 0.1) is 0 Å². The predicted molar refractivity (Wildman–Crippen MR) is 112 cm³/mol. The topological polar surface area (TPSA) is 48.5 Å². The quantitative estimate of drug-likeness (QED) is 0.824. The number of rotatable bonds is 5. The number of carbonyl (C=O) groups is 1. The number of nitrogens with zero attached hydrogens (tertiary/aromatic N) is 3. The lowest BCUT2D eigenvalue weighted by atomic mass is 10.0. The maximum atomic E-state index is 12.1. The molecule has 5 nitrogen and oxygen atoms in total. The highest BCUT2D eigenvalue weighted by Crippen LogP contribution is 2.17. The summed E-state index contributed by atoms with van der Waals surface area (Å²) in [5.41, 5.74) is 3.01. The largest absolute Gasteiger partial charge is 0.354 e. The van der Waals surface area contributed by atoms with Crippen molar-refractivity contribution in [2.75, 3.05) is 43.4 Å². The van der Waals surface area contributed by atoms with E-state index in [0.717, 1.165) is 37.6 Å². The van der Waals surface area contributed by atoms with Gasteiger partial charge in [0.15, 0.2) is 0 Å². The molecule has 0 atom stereocenters. The molecule has 1 aromatic heterocycles. The number of carbonyl (C=O) groups excluding carboxylic acids is 1. The Morgan fingerprint density at radius 3 is 2.37 bits per heavy atom. The van der Waals surface area contributed by atoms with Crippen LogP contribution < -0.4 is 10.2 Å². The Bertz CT molecular complexity index is 773. The molecule has 2 aromatic rings. The third-order valence-corrected chi connectivity index (χ3v) is 4.87. The van der Waals surface area contributed by atoms with Crippen LogP contribution in [0.2, 0.25) is 0 Å². The maximum Gasteiger partial charge on any atom is 0.248 e. The zero-order chi connectivity index (χ0) is 19.2. The number of pyridine rings is 1. The van der Waals surface area contributed by atoms with E-state index in [-0.39, 0.29) is 5.91 Å². The Morgan fingerprint density at radius 1 is 1.07 bits per heavy atom. The van der Waals surface area contributed by atoms with Crippen molar-refractivity contribution in [3.05, 3.63) is 59.8 Å². The number of hydrogen-bond acceptors (Lipinski definition) is 4. The summed E-state index contributed by atoms with van der Waals surface area (Å²) in [5.74, 6) is 1.31. The lowest BCUT2D eigenvalue weighted by Gasteiger charge is -2.33. The molecule has 1 aromatic carbocycles. The number of hydrogen-bond donors (Lipinski definition) is 1. The summed E-state index contributed by atoms with van der Waals surface area (Å²) < 4.78 is 0. The Hall–Kier alpha value is -2.66.